The van der Waals surface area contributed by atoms with Crippen molar-refractivity contribution in [2.75, 3.05) is 19.7 Å². The van der Waals surface area contributed by atoms with Crippen molar-refractivity contribution >= 4 is 41.3 Å². The molecule has 7 heteroatoms. The fraction of sp³-hybridized carbons (Fsp3) is 0.500. The van der Waals surface area contributed by atoms with Crippen LogP contribution in [0.4, 0.5) is 0 Å². The average Bonchev–Trinajstić information content (AvgIpc) is 3.04. The highest BCUT2D eigenvalue weighted by molar-refractivity contribution is 14.0. The van der Waals surface area contributed by atoms with Gasteiger partial charge in [-0.2, -0.15) is 0 Å². The van der Waals surface area contributed by atoms with Gasteiger partial charge in [0, 0.05) is 24.2 Å². The zero-order chi connectivity index (χ0) is 18.8. The third kappa shape index (κ3) is 9.41. The van der Waals surface area contributed by atoms with Crippen molar-refractivity contribution in [3.8, 4) is 5.75 Å². The number of nitrogens with one attached hydrogen (secondary N) is 2. The molecule has 0 atom stereocenters. The lowest BCUT2D eigenvalue weighted by molar-refractivity contribution is 0.271. The maximum atomic E-state index is 5.72. The van der Waals surface area contributed by atoms with E-state index in [1.807, 2.05) is 18.3 Å². The van der Waals surface area contributed by atoms with Crippen molar-refractivity contribution in [3.63, 3.8) is 0 Å². The molecule has 2 rings (SSSR count). The van der Waals surface area contributed by atoms with Crippen LogP contribution in [0.2, 0.25) is 0 Å². The average molecular weight is 502 g/mol. The topological polar surface area (TPSA) is 58.5 Å². The van der Waals surface area contributed by atoms with Gasteiger partial charge in [-0.3, -0.25) is 0 Å². The first kappa shape index (κ1) is 23.7. The molecule has 1 aromatic heterocycles. The van der Waals surface area contributed by atoms with Crippen molar-refractivity contribution in [3.05, 3.63) is 45.9 Å². The van der Waals surface area contributed by atoms with Crippen LogP contribution in [0.1, 0.15) is 36.2 Å². The van der Waals surface area contributed by atoms with E-state index in [0.29, 0.717) is 12.5 Å². The predicted molar refractivity (Wildman–Crippen MR) is 126 cm³/mol. The molecule has 0 fully saturated rings. The van der Waals surface area contributed by atoms with Gasteiger partial charge in [0.2, 0.25) is 0 Å². The van der Waals surface area contributed by atoms with Crippen LogP contribution < -0.4 is 15.4 Å². The maximum absolute atomic E-state index is 5.72. The van der Waals surface area contributed by atoms with E-state index in [1.165, 1.54) is 10.4 Å². The lowest BCUT2D eigenvalue weighted by Gasteiger charge is -2.12. The summed E-state index contributed by atoms with van der Waals surface area (Å²) in [5, 5.41) is 7.70. The van der Waals surface area contributed by atoms with Crippen LogP contribution in [-0.2, 0) is 13.0 Å². The summed E-state index contributed by atoms with van der Waals surface area (Å²) in [6, 6.07) is 8.34. The van der Waals surface area contributed by atoms with Crippen molar-refractivity contribution in [2.45, 2.75) is 40.7 Å². The molecule has 27 heavy (non-hydrogen) atoms. The monoisotopic (exact) mass is 502 g/mol. The molecule has 0 aliphatic carbocycles. The van der Waals surface area contributed by atoms with Crippen LogP contribution >= 0.6 is 35.3 Å². The molecule has 0 unspecified atom stereocenters. The molecule has 0 radical (unpaired) electrons. The van der Waals surface area contributed by atoms with E-state index in [-0.39, 0.29) is 24.0 Å². The first-order valence-electron chi connectivity index (χ1n) is 9.22. The summed E-state index contributed by atoms with van der Waals surface area (Å²) in [5.41, 5.74) is 1.28. The lowest BCUT2D eigenvalue weighted by atomic mass is 10.1. The molecule has 0 aliphatic heterocycles. The number of aliphatic imine (C=N–C) groups is 1. The Bertz CT molecular complexity index is 686. The third-order valence-corrected chi connectivity index (χ3v) is 4.50. The van der Waals surface area contributed by atoms with E-state index in [2.05, 4.69) is 60.4 Å². The first-order chi connectivity index (χ1) is 12.6. The third-order valence-electron chi connectivity index (χ3n) is 3.60. The Labute approximate surface area is 184 Å². The van der Waals surface area contributed by atoms with E-state index < -0.39 is 0 Å². The molecule has 5 nitrogen and oxygen atoms in total. The molecule has 0 spiro atoms. The van der Waals surface area contributed by atoms with Crippen LogP contribution in [-0.4, -0.2) is 30.6 Å². The second kappa shape index (κ2) is 12.9. The minimum Gasteiger partial charge on any atom is -0.493 e. The van der Waals surface area contributed by atoms with Gasteiger partial charge in [-0.15, -0.1) is 35.3 Å². The Morgan fingerprint density at radius 3 is 2.56 bits per heavy atom. The number of ether oxygens (including phenoxy) is 1. The number of thiazole rings is 1. The van der Waals surface area contributed by atoms with Gasteiger partial charge in [-0.25, -0.2) is 9.98 Å². The zero-order valence-electron chi connectivity index (χ0n) is 16.6. The Kier molecular flexibility index (Phi) is 11.3. The second-order valence-corrected chi connectivity index (χ2v) is 7.90. The van der Waals surface area contributed by atoms with E-state index in [1.54, 1.807) is 11.3 Å². The summed E-state index contributed by atoms with van der Waals surface area (Å²) in [6.07, 6.45) is 2.83. The van der Waals surface area contributed by atoms with Gasteiger partial charge in [-0.1, -0.05) is 26.0 Å². The first-order valence-corrected chi connectivity index (χ1v) is 10.0. The van der Waals surface area contributed by atoms with Gasteiger partial charge in [-0.05, 0) is 43.9 Å². The van der Waals surface area contributed by atoms with E-state index >= 15 is 0 Å². The molecule has 0 bridgehead atoms. The number of halogens is 1. The van der Waals surface area contributed by atoms with Crippen molar-refractivity contribution < 1.29 is 4.74 Å². The normalized spacial score (nSPS) is 11.2. The second-order valence-electron chi connectivity index (χ2n) is 6.59. The SMILES string of the molecule is CCNC(=NCc1ncc(C)s1)NCCc1ccc(OCC(C)C)cc1.I. The molecular formula is C20H31IN4OS. The Morgan fingerprint density at radius 2 is 1.96 bits per heavy atom. The van der Waals surface area contributed by atoms with Crippen molar-refractivity contribution in [1.29, 1.82) is 0 Å². The highest BCUT2D eigenvalue weighted by Crippen LogP contribution is 2.14. The van der Waals surface area contributed by atoms with Gasteiger partial charge in [0.1, 0.15) is 10.8 Å². The van der Waals surface area contributed by atoms with Crippen molar-refractivity contribution in [2.24, 2.45) is 10.9 Å². The predicted octanol–water partition coefficient (Wildman–Crippen LogP) is 4.40. The fourth-order valence-electron chi connectivity index (χ4n) is 2.30. The van der Waals surface area contributed by atoms with Crippen LogP contribution in [0, 0.1) is 12.8 Å². The number of hydrogen-bond acceptors (Lipinski definition) is 4. The number of guanidine groups is 1. The molecule has 150 valence electrons. The summed E-state index contributed by atoms with van der Waals surface area (Å²) in [7, 11) is 0. The standard InChI is InChI=1S/C20H30N4OS.HI/c1-5-21-20(24-13-19-23-12-16(4)26-19)22-11-10-17-6-8-18(9-7-17)25-14-15(2)3;/h6-9,12,15H,5,10-11,13-14H2,1-4H3,(H2,21,22,24);1H. The van der Waals surface area contributed by atoms with Gasteiger partial charge in [0.05, 0.1) is 13.2 Å². The molecule has 0 saturated carbocycles. The summed E-state index contributed by atoms with van der Waals surface area (Å²) < 4.78 is 5.72. The number of aryl methyl sites for hydroxylation is 1. The van der Waals surface area contributed by atoms with Gasteiger partial charge in [0.15, 0.2) is 5.96 Å². The van der Waals surface area contributed by atoms with E-state index in [9.17, 15) is 0 Å². The summed E-state index contributed by atoms with van der Waals surface area (Å²) >= 11 is 1.69. The lowest BCUT2D eigenvalue weighted by Crippen LogP contribution is -2.38. The van der Waals surface area contributed by atoms with Crippen LogP contribution in [0.25, 0.3) is 0 Å². The summed E-state index contributed by atoms with van der Waals surface area (Å²) in [6.45, 7) is 11.5. The van der Waals surface area contributed by atoms with Crippen LogP contribution in [0.5, 0.6) is 5.75 Å². The highest BCUT2D eigenvalue weighted by atomic mass is 127. The Morgan fingerprint density at radius 1 is 1.22 bits per heavy atom. The summed E-state index contributed by atoms with van der Waals surface area (Å²) in [4.78, 5) is 10.2. The molecule has 0 saturated heterocycles. The van der Waals surface area contributed by atoms with Gasteiger partial charge >= 0.3 is 0 Å². The minimum atomic E-state index is 0. The number of rotatable bonds is 9. The van der Waals surface area contributed by atoms with Gasteiger partial charge < -0.3 is 15.4 Å². The molecule has 1 aromatic carbocycles. The highest BCUT2D eigenvalue weighted by Gasteiger charge is 2.02. The number of aromatic nitrogens is 1. The molecular weight excluding hydrogens is 471 g/mol. The van der Waals surface area contributed by atoms with E-state index in [0.717, 1.165) is 42.8 Å². The fourth-order valence-corrected chi connectivity index (χ4v) is 3.02. The summed E-state index contributed by atoms with van der Waals surface area (Å²) in [5.74, 6) is 2.30. The number of nitrogens with zero attached hydrogens (tertiary/aromatic N) is 2. The minimum absolute atomic E-state index is 0. The molecule has 0 amide bonds. The molecule has 0 aliphatic rings. The zero-order valence-corrected chi connectivity index (χ0v) is 19.8. The van der Waals surface area contributed by atoms with Crippen molar-refractivity contribution in [1.82, 2.24) is 15.6 Å². The number of benzene rings is 1. The van der Waals surface area contributed by atoms with Gasteiger partial charge in [0.25, 0.3) is 0 Å². The molecule has 2 N–H and O–H groups in total. The quantitative estimate of drug-likeness (QED) is 0.303. The van der Waals surface area contributed by atoms with Crippen LogP contribution in [0.3, 0.4) is 0 Å². The largest absolute Gasteiger partial charge is 0.493 e. The van der Waals surface area contributed by atoms with Crippen LogP contribution in [0.15, 0.2) is 35.5 Å². The smallest absolute Gasteiger partial charge is 0.191 e. The Hall–Kier alpha value is -1.35. The maximum Gasteiger partial charge on any atom is 0.191 e. The molecule has 2 aromatic rings. The van der Waals surface area contributed by atoms with E-state index in [4.69, 9.17) is 4.74 Å². The number of hydrogen-bond donors (Lipinski definition) is 2. The Balaban J connectivity index is 0.00000364. The molecule has 1 heterocycles.